The number of rotatable bonds is 9. The molecule has 1 atom stereocenters. The van der Waals surface area contributed by atoms with Gasteiger partial charge in [0.15, 0.2) is 0 Å². The Morgan fingerprint density at radius 2 is 1.88 bits per heavy atom. The van der Waals surface area contributed by atoms with Crippen LogP contribution in [0, 0.1) is 17.4 Å². The van der Waals surface area contributed by atoms with E-state index >= 15 is 0 Å². The minimum absolute atomic E-state index is 0.143. The third kappa shape index (κ3) is 8.23. The standard InChI is InChI=1S/C24H28Cl2N6O/c25-21-14-20(15-22(26)31-21)30-24(29-17-27)28-12-7-2-1-4-8-18-11-13-32(16-18)23(33)19-9-5-3-6-10-19/h3,5-6,9-10,14-15,18H,1-2,4,7-8,11-13,16H2,(H2,28,29,30,31). The van der Waals surface area contributed by atoms with Gasteiger partial charge in [-0.05, 0) is 49.4 Å². The molecule has 33 heavy (non-hydrogen) atoms. The Hall–Kier alpha value is -2.82. The van der Waals surface area contributed by atoms with Gasteiger partial charge in [-0.15, -0.1) is 4.99 Å². The summed E-state index contributed by atoms with van der Waals surface area (Å²) in [5, 5.41) is 15.6. The number of aliphatic imine (C=N–C) groups is 1. The first-order chi connectivity index (χ1) is 16.0. The zero-order chi connectivity index (χ0) is 23.5. The van der Waals surface area contributed by atoms with Gasteiger partial charge in [0.05, 0.1) is 0 Å². The molecule has 1 fully saturated rings. The van der Waals surface area contributed by atoms with Crippen LogP contribution in [0.15, 0.2) is 47.5 Å². The molecule has 0 radical (unpaired) electrons. The molecule has 1 aliphatic heterocycles. The lowest BCUT2D eigenvalue weighted by Crippen LogP contribution is -2.31. The number of anilines is 1. The number of guanidine groups is 1. The number of carbonyl (C=O) groups excluding carboxylic acids is 1. The van der Waals surface area contributed by atoms with Gasteiger partial charge in [0, 0.05) is 30.9 Å². The van der Waals surface area contributed by atoms with Crippen molar-refractivity contribution in [2.45, 2.75) is 38.5 Å². The van der Waals surface area contributed by atoms with Crippen molar-refractivity contribution < 1.29 is 4.79 Å². The van der Waals surface area contributed by atoms with Crippen LogP contribution in [0.2, 0.25) is 10.3 Å². The molecule has 1 amide bonds. The summed E-state index contributed by atoms with van der Waals surface area (Å²) >= 11 is 11.8. The van der Waals surface area contributed by atoms with Crippen LogP contribution in [0.4, 0.5) is 5.69 Å². The molecular weight excluding hydrogens is 459 g/mol. The minimum Gasteiger partial charge on any atom is -0.355 e. The zero-order valence-electron chi connectivity index (χ0n) is 18.4. The molecule has 174 valence electrons. The maximum absolute atomic E-state index is 12.6. The van der Waals surface area contributed by atoms with Crippen LogP contribution >= 0.6 is 23.2 Å². The smallest absolute Gasteiger partial charge is 0.253 e. The second kappa shape index (κ2) is 13.0. The molecule has 1 aromatic heterocycles. The van der Waals surface area contributed by atoms with Gasteiger partial charge >= 0.3 is 0 Å². The fraction of sp³-hybridized carbons (Fsp3) is 0.417. The molecular formula is C24H28Cl2N6O. The van der Waals surface area contributed by atoms with Crippen LogP contribution in [0.3, 0.4) is 0 Å². The van der Waals surface area contributed by atoms with Crippen molar-refractivity contribution >= 4 is 40.8 Å². The lowest BCUT2D eigenvalue weighted by atomic mass is 10.00. The van der Waals surface area contributed by atoms with Gasteiger partial charge in [0.2, 0.25) is 12.2 Å². The largest absolute Gasteiger partial charge is 0.355 e. The van der Waals surface area contributed by atoms with Gasteiger partial charge < -0.3 is 15.5 Å². The van der Waals surface area contributed by atoms with Gasteiger partial charge in [-0.1, -0.05) is 60.7 Å². The molecule has 2 heterocycles. The fourth-order valence-corrected chi connectivity index (χ4v) is 4.43. The Kier molecular flexibility index (Phi) is 9.79. The van der Waals surface area contributed by atoms with E-state index in [-0.39, 0.29) is 16.2 Å². The maximum Gasteiger partial charge on any atom is 0.253 e. The van der Waals surface area contributed by atoms with Gasteiger partial charge in [-0.3, -0.25) is 4.79 Å². The van der Waals surface area contributed by atoms with E-state index in [1.165, 1.54) is 0 Å². The first-order valence-electron chi connectivity index (χ1n) is 11.2. The number of carbonyl (C=O) groups is 1. The van der Waals surface area contributed by atoms with E-state index in [4.69, 9.17) is 28.5 Å². The Morgan fingerprint density at radius 1 is 1.15 bits per heavy atom. The van der Waals surface area contributed by atoms with Crippen LogP contribution in [0.1, 0.15) is 48.9 Å². The van der Waals surface area contributed by atoms with Crippen LogP contribution < -0.4 is 10.6 Å². The lowest BCUT2D eigenvalue weighted by molar-refractivity contribution is 0.0786. The molecule has 9 heteroatoms. The predicted octanol–water partition coefficient (Wildman–Crippen LogP) is 5.34. The van der Waals surface area contributed by atoms with E-state index in [2.05, 4.69) is 20.6 Å². The van der Waals surface area contributed by atoms with Gasteiger partial charge in [-0.2, -0.15) is 5.26 Å². The summed E-state index contributed by atoms with van der Waals surface area (Å²) in [6.45, 7) is 2.41. The number of nitrogens with one attached hydrogen (secondary N) is 2. The number of nitriles is 1. The first-order valence-corrected chi connectivity index (χ1v) is 12.0. The van der Waals surface area contributed by atoms with Gasteiger partial charge in [0.25, 0.3) is 5.91 Å². The van der Waals surface area contributed by atoms with Crippen LogP contribution in [-0.2, 0) is 0 Å². The second-order valence-electron chi connectivity index (χ2n) is 8.09. The van der Waals surface area contributed by atoms with E-state index in [0.29, 0.717) is 24.1 Å². The lowest BCUT2D eigenvalue weighted by Gasteiger charge is -2.16. The number of aromatic nitrogens is 1. The average molecular weight is 487 g/mol. The second-order valence-corrected chi connectivity index (χ2v) is 8.86. The molecule has 7 nitrogen and oxygen atoms in total. The first kappa shape index (κ1) is 24.8. The number of hydrogen-bond acceptors (Lipinski definition) is 4. The summed E-state index contributed by atoms with van der Waals surface area (Å²) in [6.07, 6.45) is 8.36. The third-order valence-corrected chi connectivity index (χ3v) is 6.00. The van der Waals surface area contributed by atoms with Gasteiger partial charge in [0.1, 0.15) is 10.3 Å². The zero-order valence-corrected chi connectivity index (χ0v) is 19.9. The monoisotopic (exact) mass is 486 g/mol. The highest BCUT2D eigenvalue weighted by atomic mass is 35.5. The van der Waals surface area contributed by atoms with Crippen molar-refractivity contribution in [2.24, 2.45) is 10.9 Å². The Balaban J connectivity index is 1.29. The highest BCUT2D eigenvalue weighted by molar-refractivity contribution is 6.33. The van der Waals surface area contributed by atoms with Crippen molar-refractivity contribution in [3.05, 3.63) is 58.3 Å². The summed E-state index contributed by atoms with van der Waals surface area (Å²) < 4.78 is 0. The molecule has 0 saturated carbocycles. The van der Waals surface area contributed by atoms with Gasteiger partial charge in [-0.25, -0.2) is 4.98 Å². The summed E-state index contributed by atoms with van der Waals surface area (Å²) in [7, 11) is 0. The third-order valence-electron chi connectivity index (χ3n) is 5.61. The number of likely N-dealkylation sites (tertiary alicyclic amines) is 1. The van der Waals surface area contributed by atoms with E-state index in [0.717, 1.165) is 57.2 Å². The van der Waals surface area contributed by atoms with Crippen LogP contribution in [-0.4, -0.2) is 41.4 Å². The van der Waals surface area contributed by atoms with Crippen molar-refractivity contribution in [3.8, 4) is 6.19 Å². The quantitative estimate of drug-likeness (QED) is 0.164. The molecule has 0 aliphatic carbocycles. The summed E-state index contributed by atoms with van der Waals surface area (Å²) in [5.41, 5.74) is 1.38. The van der Waals surface area contributed by atoms with Crippen LogP contribution in [0.5, 0.6) is 0 Å². The molecule has 1 unspecified atom stereocenters. The van der Waals surface area contributed by atoms with E-state index in [1.54, 1.807) is 18.3 Å². The normalized spacial score (nSPS) is 15.8. The number of halogens is 2. The average Bonchev–Trinajstić information content (AvgIpc) is 3.27. The number of amides is 1. The number of unbranched alkanes of at least 4 members (excludes halogenated alkanes) is 3. The number of benzene rings is 1. The van der Waals surface area contributed by atoms with E-state index < -0.39 is 0 Å². The number of hydrogen-bond donors (Lipinski definition) is 2. The highest BCUT2D eigenvalue weighted by Crippen LogP contribution is 2.24. The van der Waals surface area contributed by atoms with E-state index in [1.807, 2.05) is 35.2 Å². The molecule has 1 aliphatic rings. The molecule has 2 aromatic rings. The number of nitrogens with zero attached hydrogens (tertiary/aromatic N) is 4. The summed E-state index contributed by atoms with van der Waals surface area (Å²) in [4.78, 5) is 22.2. The molecule has 1 aromatic carbocycles. The molecule has 2 N–H and O–H groups in total. The summed E-state index contributed by atoms with van der Waals surface area (Å²) in [6, 6.07) is 12.7. The van der Waals surface area contributed by atoms with E-state index in [9.17, 15) is 4.79 Å². The minimum atomic E-state index is 0.143. The number of pyridine rings is 1. The van der Waals surface area contributed by atoms with Crippen LogP contribution in [0.25, 0.3) is 0 Å². The SMILES string of the molecule is N#C/N=C(/NCCCCCCC1CCN(C(=O)c2ccccc2)C1)Nc1cc(Cl)nc(Cl)c1. The molecule has 1 saturated heterocycles. The van der Waals surface area contributed by atoms with Crippen molar-refractivity contribution in [1.82, 2.24) is 15.2 Å². The topological polar surface area (TPSA) is 93.4 Å². The highest BCUT2D eigenvalue weighted by Gasteiger charge is 2.26. The maximum atomic E-state index is 12.6. The molecule has 0 spiro atoms. The predicted molar refractivity (Wildman–Crippen MR) is 132 cm³/mol. The Bertz CT molecular complexity index is 972. The molecule has 0 bridgehead atoms. The van der Waals surface area contributed by atoms with Crippen molar-refractivity contribution in [1.29, 1.82) is 5.26 Å². The molecule has 3 rings (SSSR count). The fourth-order valence-electron chi connectivity index (χ4n) is 3.97. The Morgan fingerprint density at radius 3 is 2.61 bits per heavy atom. The summed E-state index contributed by atoms with van der Waals surface area (Å²) in [5.74, 6) is 1.09. The van der Waals surface area contributed by atoms with Crippen molar-refractivity contribution in [3.63, 3.8) is 0 Å². The van der Waals surface area contributed by atoms with Crippen molar-refractivity contribution in [2.75, 3.05) is 25.0 Å². The Labute approximate surface area is 204 Å².